The summed E-state index contributed by atoms with van der Waals surface area (Å²) in [6.07, 6.45) is 2.47. The molecule has 0 aliphatic carbocycles. The van der Waals surface area contributed by atoms with Crippen LogP contribution in [0.1, 0.15) is 18.5 Å². The van der Waals surface area contributed by atoms with Crippen molar-refractivity contribution in [2.24, 2.45) is 5.92 Å². The lowest BCUT2D eigenvalue weighted by Crippen LogP contribution is -2.38. The molecular weight excluding hydrogens is 330 g/mol. The molecule has 1 aliphatic rings. The molecule has 7 heteroatoms. The molecule has 1 saturated heterocycles. The number of hydrogen-bond donors (Lipinski definition) is 0. The standard InChI is InChI=1S/C19H25N5O2/c1-14-10-18(23(3)13-15-6-5-9-22(2)12-15)21-19(20-14)16-7-4-8-17(11-16)24(25)26/h4,7-8,10-11,15H,5-6,9,12-13H2,1-3H3. The van der Waals surface area contributed by atoms with E-state index in [-0.39, 0.29) is 5.69 Å². The third-order valence-corrected chi connectivity index (χ3v) is 4.80. The number of nitro groups is 1. The first kappa shape index (κ1) is 18.3. The predicted molar refractivity (Wildman–Crippen MR) is 102 cm³/mol. The Balaban J connectivity index is 1.83. The molecule has 7 nitrogen and oxygen atoms in total. The lowest BCUT2D eigenvalue weighted by atomic mass is 9.98. The second-order valence-electron chi connectivity index (χ2n) is 7.15. The molecule has 2 heterocycles. The van der Waals surface area contributed by atoms with Gasteiger partial charge in [-0.1, -0.05) is 12.1 Å². The largest absolute Gasteiger partial charge is 0.359 e. The molecule has 138 valence electrons. The minimum atomic E-state index is -0.397. The normalized spacial score (nSPS) is 17.9. The SMILES string of the molecule is Cc1cc(N(C)CC2CCCN(C)C2)nc(-c2cccc([N+](=O)[O-])c2)n1. The fourth-order valence-electron chi connectivity index (χ4n) is 3.54. The van der Waals surface area contributed by atoms with Gasteiger partial charge in [0.2, 0.25) is 0 Å². The molecule has 0 bridgehead atoms. The zero-order valence-corrected chi connectivity index (χ0v) is 15.6. The molecule has 0 amide bonds. The van der Waals surface area contributed by atoms with E-state index < -0.39 is 4.92 Å². The number of aromatic nitrogens is 2. The number of nitro benzene ring substituents is 1. The van der Waals surface area contributed by atoms with Crippen molar-refractivity contribution in [3.8, 4) is 11.4 Å². The molecule has 1 unspecified atom stereocenters. The predicted octanol–water partition coefficient (Wildman–Crippen LogP) is 3.14. The van der Waals surface area contributed by atoms with Crippen molar-refractivity contribution >= 4 is 11.5 Å². The lowest BCUT2D eigenvalue weighted by molar-refractivity contribution is -0.384. The number of likely N-dealkylation sites (tertiary alicyclic amines) is 1. The first-order valence-corrected chi connectivity index (χ1v) is 8.92. The monoisotopic (exact) mass is 355 g/mol. The van der Waals surface area contributed by atoms with Crippen molar-refractivity contribution in [2.75, 3.05) is 38.6 Å². The number of anilines is 1. The fourth-order valence-corrected chi connectivity index (χ4v) is 3.54. The van der Waals surface area contributed by atoms with Gasteiger partial charge in [-0.15, -0.1) is 0 Å². The van der Waals surface area contributed by atoms with Crippen molar-refractivity contribution in [3.05, 3.63) is 46.1 Å². The lowest BCUT2D eigenvalue weighted by Gasteiger charge is -2.32. The molecule has 1 fully saturated rings. The minimum absolute atomic E-state index is 0.0488. The van der Waals surface area contributed by atoms with Crippen LogP contribution in [0.2, 0.25) is 0 Å². The summed E-state index contributed by atoms with van der Waals surface area (Å²) in [5.74, 6) is 2.00. The quantitative estimate of drug-likeness (QED) is 0.606. The minimum Gasteiger partial charge on any atom is -0.359 e. The number of rotatable bonds is 5. The van der Waals surface area contributed by atoms with E-state index in [2.05, 4.69) is 26.8 Å². The maximum Gasteiger partial charge on any atom is 0.270 e. The highest BCUT2D eigenvalue weighted by atomic mass is 16.6. The molecule has 0 radical (unpaired) electrons. The average molecular weight is 355 g/mol. The van der Waals surface area contributed by atoms with Crippen LogP contribution >= 0.6 is 0 Å². The van der Waals surface area contributed by atoms with Gasteiger partial charge in [0.05, 0.1) is 4.92 Å². The number of benzene rings is 1. The Morgan fingerprint density at radius 1 is 1.35 bits per heavy atom. The number of nitrogens with zero attached hydrogens (tertiary/aromatic N) is 5. The van der Waals surface area contributed by atoms with Gasteiger partial charge in [-0.25, -0.2) is 9.97 Å². The summed E-state index contributed by atoms with van der Waals surface area (Å²) in [7, 11) is 4.22. The molecule has 2 aromatic rings. The summed E-state index contributed by atoms with van der Waals surface area (Å²) in [4.78, 5) is 24.3. The van der Waals surface area contributed by atoms with Crippen molar-refractivity contribution in [1.29, 1.82) is 0 Å². The van der Waals surface area contributed by atoms with Gasteiger partial charge < -0.3 is 9.80 Å². The Morgan fingerprint density at radius 3 is 2.88 bits per heavy atom. The Kier molecular flexibility index (Phi) is 5.46. The Bertz CT molecular complexity index is 795. The van der Waals surface area contributed by atoms with Crippen molar-refractivity contribution in [1.82, 2.24) is 14.9 Å². The van der Waals surface area contributed by atoms with Crippen LogP contribution in [0.4, 0.5) is 11.5 Å². The second-order valence-corrected chi connectivity index (χ2v) is 7.15. The zero-order valence-electron chi connectivity index (χ0n) is 15.6. The summed E-state index contributed by atoms with van der Waals surface area (Å²) in [6, 6.07) is 8.44. The van der Waals surface area contributed by atoms with E-state index >= 15 is 0 Å². The highest BCUT2D eigenvalue weighted by Gasteiger charge is 2.20. The molecular formula is C19H25N5O2. The molecule has 26 heavy (non-hydrogen) atoms. The maximum absolute atomic E-state index is 11.0. The van der Waals surface area contributed by atoms with Crippen molar-refractivity contribution in [3.63, 3.8) is 0 Å². The van der Waals surface area contributed by atoms with E-state index in [0.29, 0.717) is 17.3 Å². The topological polar surface area (TPSA) is 75.4 Å². The summed E-state index contributed by atoms with van der Waals surface area (Å²) in [5.41, 5.74) is 1.56. The van der Waals surface area contributed by atoms with Crippen LogP contribution in [0.25, 0.3) is 11.4 Å². The van der Waals surface area contributed by atoms with E-state index in [9.17, 15) is 10.1 Å². The van der Waals surface area contributed by atoms with Gasteiger partial charge in [0, 0.05) is 49.6 Å². The highest BCUT2D eigenvalue weighted by Crippen LogP contribution is 2.24. The zero-order chi connectivity index (χ0) is 18.7. The van der Waals surface area contributed by atoms with Crippen LogP contribution in [-0.4, -0.2) is 53.5 Å². The van der Waals surface area contributed by atoms with E-state index in [0.717, 1.165) is 24.6 Å². The van der Waals surface area contributed by atoms with Crippen LogP contribution in [-0.2, 0) is 0 Å². The number of aryl methyl sites for hydroxylation is 1. The Hall–Kier alpha value is -2.54. The van der Waals surface area contributed by atoms with E-state index in [1.54, 1.807) is 6.07 Å². The molecule has 0 saturated carbocycles. The summed E-state index contributed by atoms with van der Waals surface area (Å²) in [5, 5.41) is 11.0. The summed E-state index contributed by atoms with van der Waals surface area (Å²) >= 11 is 0. The third kappa shape index (κ3) is 4.35. The molecule has 1 aromatic carbocycles. The number of non-ortho nitro benzene ring substituents is 1. The smallest absolute Gasteiger partial charge is 0.270 e. The average Bonchev–Trinajstić information content (AvgIpc) is 2.61. The Morgan fingerprint density at radius 2 is 2.15 bits per heavy atom. The van der Waals surface area contributed by atoms with Crippen molar-refractivity contribution in [2.45, 2.75) is 19.8 Å². The number of hydrogen-bond acceptors (Lipinski definition) is 6. The maximum atomic E-state index is 11.0. The van der Waals surface area contributed by atoms with Crippen molar-refractivity contribution < 1.29 is 4.92 Å². The first-order chi connectivity index (χ1) is 12.4. The van der Waals surface area contributed by atoms with Crippen LogP contribution in [0, 0.1) is 23.0 Å². The highest BCUT2D eigenvalue weighted by molar-refractivity contribution is 5.61. The van der Waals surface area contributed by atoms with Crippen LogP contribution in [0.3, 0.4) is 0 Å². The molecule has 1 atom stereocenters. The van der Waals surface area contributed by atoms with Gasteiger partial charge >= 0.3 is 0 Å². The molecule has 1 aromatic heterocycles. The third-order valence-electron chi connectivity index (χ3n) is 4.80. The van der Waals surface area contributed by atoms with Gasteiger partial charge in [-0.2, -0.15) is 0 Å². The Labute approximate surface area is 153 Å². The summed E-state index contributed by atoms with van der Waals surface area (Å²) in [6.45, 7) is 5.14. The van der Waals surface area contributed by atoms with E-state index in [1.807, 2.05) is 26.1 Å². The van der Waals surface area contributed by atoms with Gasteiger partial charge in [0.15, 0.2) is 5.82 Å². The fraction of sp³-hybridized carbons (Fsp3) is 0.474. The van der Waals surface area contributed by atoms with E-state index in [4.69, 9.17) is 0 Å². The van der Waals surface area contributed by atoms with Crippen LogP contribution < -0.4 is 4.90 Å². The first-order valence-electron chi connectivity index (χ1n) is 8.92. The van der Waals surface area contributed by atoms with E-state index in [1.165, 1.54) is 31.5 Å². The molecule has 3 rings (SSSR count). The van der Waals surface area contributed by atoms with Crippen LogP contribution in [0.5, 0.6) is 0 Å². The summed E-state index contributed by atoms with van der Waals surface area (Å²) < 4.78 is 0. The van der Waals surface area contributed by atoms with Gasteiger partial charge in [-0.3, -0.25) is 10.1 Å². The molecule has 1 aliphatic heterocycles. The molecule has 0 N–H and O–H groups in total. The van der Waals surface area contributed by atoms with Gasteiger partial charge in [0.1, 0.15) is 5.82 Å². The second kappa shape index (κ2) is 7.78. The molecule has 0 spiro atoms. The van der Waals surface area contributed by atoms with Crippen LogP contribution in [0.15, 0.2) is 30.3 Å². The van der Waals surface area contributed by atoms with Gasteiger partial charge in [0.25, 0.3) is 5.69 Å². The van der Waals surface area contributed by atoms with Gasteiger partial charge in [-0.05, 0) is 39.3 Å². The number of piperidine rings is 1.